The van der Waals surface area contributed by atoms with Crippen LogP contribution in [-0.4, -0.2) is 34.9 Å². The molecule has 0 saturated carbocycles. The molecule has 2 heterocycles. The summed E-state index contributed by atoms with van der Waals surface area (Å²) in [5, 5.41) is 2.55. The molecular formula is C15H14ClFN4O2. The molecule has 120 valence electrons. The van der Waals surface area contributed by atoms with Crippen molar-refractivity contribution in [1.29, 1.82) is 0 Å². The Balaban J connectivity index is 1.78. The highest BCUT2D eigenvalue weighted by atomic mass is 35.5. The van der Waals surface area contributed by atoms with Crippen molar-refractivity contribution in [3.05, 3.63) is 46.6 Å². The van der Waals surface area contributed by atoms with Gasteiger partial charge < -0.3 is 14.3 Å². The molecule has 23 heavy (non-hydrogen) atoms. The van der Waals surface area contributed by atoms with Crippen LogP contribution in [0.5, 0.6) is 0 Å². The first-order valence-corrected chi connectivity index (χ1v) is 7.20. The number of nitrogens with zero attached hydrogens (tertiary/aromatic N) is 2. The van der Waals surface area contributed by atoms with Crippen molar-refractivity contribution in [3.63, 3.8) is 0 Å². The molecule has 0 atom stereocenters. The number of fused-ring (bicyclic) bond motifs is 1. The van der Waals surface area contributed by atoms with Gasteiger partial charge in [-0.1, -0.05) is 11.6 Å². The van der Waals surface area contributed by atoms with Gasteiger partial charge >= 0.3 is 0 Å². The highest BCUT2D eigenvalue weighted by molar-refractivity contribution is 6.31. The van der Waals surface area contributed by atoms with Crippen LogP contribution in [0.1, 0.15) is 16.3 Å². The molecule has 0 spiro atoms. The summed E-state index contributed by atoms with van der Waals surface area (Å²) >= 11 is 5.71. The van der Waals surface area contributed by atoms with Gasteiger partial charge in [0.15, 0.2) is 5.76 Å². The number of carbonyl (C=O) groups is 1. The molecule has 1 amide bonds. The van der Waals surface area contributed by atoms with Crippen molar-refractivity contribution in [1.82, 2.24) is 14.9 Å². The van der Waals surface area contributed by atoms with Crippen LogP contribution in [0.2, 0.25) is 5.02 Å². The van der Waals surface area contributed by atoms with E-state index in [1.807, 2.05) is 19.0 Å². The minimum Gasteiger partial charge on any atom is -0.455 e. The second kappa shape index (κ2) is 6.02. The lowest BCUT2D eigenvalue weighted by atomic mass is 10.3. The van der Waals surface area contributed by atoms with Crippen molar-refractivity contribution < 1.29 is 13.6 Å². The highest BCUT2D eigenvalue weighted by Gasteiger charge is 2.14. The van der Waals surface area contributed by atoms with Gasteiger partial charge in [0, 0.05) is 6.07 Å². The zero-order chi connectivity index (χ0) is 16.6. The number of nitrogens with one attached hydrogen (secondary N) is 2. The van der Waals surface area contributed by atoms with Crippen LogP contribution in [-0.2, 0) is 6.54 Å². The average molecular weight is 337 g/mol. The Morgan fingerprint density at radius 2 is 2.22 bits per heavy atom. The van der Waals surface area contributed by atoms with E-state index in [0.29, 0.717) is 23.3 Å². The van der Waals surface area contributed by atoms with Gasteiger partial charge in [0.25, 0.3) is 5.91 Å². The fourth-order valence-electron chi connectivity index (χ4n) is 2.13. The van der Waals surface area contributed by atoms with E-state index in [-0.39, 0.29) is 16.7 Å². The van der Waals surface area contributed by atoms with E-state index < -0.39 is 11.7 Å². The van der Waals surface area contributed by atoms with Gasteiger partial charge in [-0.25, -0.2) is 9.37 Å². The smallest absolute Gasteiger partial charge is 0.293 e. The Bertz CT molecular complexity index is 833. The summed E-state index contributed by atoms with van der Waals surface area (Å²) in [6.45, 7) is 0.593. The molecule has 3 aromatic rings. The Kier molecular flexibility index (Phi) is 4.06. The number of anilines is 1. The summed E-state index contributed by atoms with van der Waals surface area (Å²) in [7, 11) is 3.81. The summed E-state index contributed by atoms with van der Waals surface area (Å²) in [5.41, 5.74) is 0.898. The molecule has 0 radical (unpaired) electrons. The van der Waals surface area contributed by atoms with Crippen LogP contribution in [0.3, 0.4) is 0 Å². The summed E-state index contributed by atoms with van der Waals surface area (Å²) in [5.74, 6) is 0.0445. The molecule has 0 aliphatic carbocycles. The molecule has 0 fully saturated rings. The maximum atomic E-state index is 13.4. The Morgan fingerprint density at radius 1 is 1.43 bits per heavy atom. The zero-order valence-corrected chi connectivity index (χ0v) is 13.2. The Morgan fingerprint density at radius 3 is 2.96 bits per heavy atom. The van der Waals surface area contributed by atoms with E-state index in [1.165, 1.54) is 12.1 Å². The number of furan rings is 1. The van der Waals surface area contributed by atoms with Crippen LogP contribution < -0.4 is 5.32 Å². The van der Waals surface area contributed by atoms with Gasteiger partial charge in [0.1, 0.15) is 11.6 Å². The van der Waals surface area contributed by atoms with Crippen molar-refractivity contribution in [2.45, 2.75) is 6.54 Å². The molecule has 3 rings (SSSR count). The quantitative estimate of drug-likeness (QED) is 0.767. The lowest BCUT2D eigenvalue weighted by Crippen LogP contribution is -2.12. The summed E-state index contributed by atoms with van der Waals surface area (Å²) in [6, 6.07) is 5.94. The normalized spacial score (nSPS) is 11.3. The number of imidazole rings is 1. The molecule has 8 heteroatoms. The van der Waals surface area contributed by atoms with Crippen LogP contribution in [0, 0.1) is 5.82 Å². The molecule has 0 bridgehead atoms. The lowest BCUT2D eigenvalue weighted by Gasteiger charge is -2.05. The average Bonchev–Trinajstić information content (AvgIpc) is 3.05. The van der Waals surface area contributed by atoms with E-state index in [2.05, 4.69) is 15.3 Å². The van der Waals surface area contributed by atoms with E-state index in [9.17, 15) is 9.18 Å². The van der Waals surface area contributed by atoms with Crippen molar-refractivity contribution in [3.8, 4) is 0 Å². The van der Waals surface area contributed by atoms with Crippen molar-refractivity contribution >= 4 is 34.5 Å². The Labute approximate surface area is 136 Å². The first-order chi connectivity index (χ1) is 10.9. The number of amides is 1. The Hall–Kier alpha value is -2.38. The first kappa shape index (κ1) is 15.5. The van der Waals surface area contributed by atoms with Crippen LogP contribution in [0.15, 0.2) is 28.7 Å². The van der Waals surface area contributed by atoms with E-state index in [1.54, 1.807) is 12.1 Å². The summed E-state index contributed by atoms with van der Waals surface area (Å²) < 4.78 is 18.9. The molecule has 0 aliphatic rings. The fraction of sp³-hybridized carbons (Fsp3) is 0.200. The summed E-state index contributed by atoms with van der Waals surface area (Å²) in [6.07, 6.45) is 0. The third-order valence-corrected chi connectivity index (χ3v) is 3.40. The van der Waals surface area contributed by atoms with Crippen LogP contribution in [0.4, 0.5) is 10.3 Å². The van der Waals surface area contributed by atoms with Crippen LogP contribution >= 0.6 is 11.6 Å². The number of hydrogen-bond acceptors (Lipinski definition) is 4. The molecule has 0 unspecified atom stereocenters. The largest absolute Gasteiger partial charge is 0.455 e. The topological polar surface area (TPSA) is 74.2 Å². The number of aromatic amines is 1. The SMILES string of the molecule is CN(C)Cc1ccc(C(=O)Nc2nc3cc(Cl)c(F)cc3[nH]2)o1. The van der Waals surface area contributed by atoms with Gasteiger partial charge in [-0.15, -0.1) is 0 Å². The third kappa shape index (κ3) is 3.35. The van der Waals surface area contributed by atoms with Crippen molar-refractivity contribution in [2.75, 3.05) is 19.4 Å². The lowest BCUT2D eigenvalue weighted by molar-refractivity contribution is 0.0993. The minimum absolute atomic E-state index is 0.0266. The maximum Gasteiger partial charge on any atom is 0.293 e. The number of benzene rings is 1. The molecule has 2 aromatic heterocycles. The molecule has 6 nitrogen and oxygen atoms in total. The highest BCUT2D eigenvalue weighted by Crippen LogP contribution is 2.22. The van der Waals surface area contributed by atoms with Crippen LogP contribution in [0.25, 0.3) is 11.0 Å². The third-order valence-electron chi connectivity index (χ3n) is 3.11. The summed E-state index contributed by atoms with van der Waals surface area (Å²) in [4.78, 5) is 21.0. The monoisotopic (exact) mass is 336 g/mol. The van der Waals surface area contributed by atoms with Crippen molar-refractivity contribution in [2.24, 2.45) is 0 Å². The number of rotatable bonds is 4. The van der Waals surface area contributed by atoms with Gasteiger partial charge in [-0.05, 0) is 32.3 Å². The first-order valence-electron chi connectivity index (χ1n) is 6.82. The second-order valence-corrected chi connectivity index (χ2v) is 5.73. The standard InChI is InChI=1S/C15H14ClFN4O2/c1-21(2)7-8-3-4-13(23-8)14(22)20-15-18-11-5-9(16)10(17)6-12(11)19-15/h3-6H,7H2,1-2H3,(H2,18,19,20,22). The number of hydrogen-bond donors (Lipinski definition) is 2. The molecule has 1 aromatic carbocycles. The fourth-order valence-corrected chi connectivity index (χ4v) is 2.29. The second-order valence-electron chi connectivity index (χ2n) is 5.33. The zero-order valence-electron chi connectivity index (χ0n) is 12.5. The number of aromatic nitrogens is 2. The van der Waals surface area contributed by atoms with Gasteiger partial charge in [0.2, 0.25) is 5.95 Å². The maximum absolute atomic E-state index is 13.4. The predicted molar refractivity (Wildman–Crippen MR) is 85.1 cm³/mol. The number of H-pyrrole nitrogens is 1. The van der Waals surface area contributed by atoms with Gasteiger partial charge in [-0.2, -0.15) is 0 Å². The predicted octanol–water partition coefficient (Wildman–Crippen LogP) is 3.26. The van der Waals surface area contributed by atoms with E-state index >= 15 is 0 Å². The minimum atomic E-state index is -0.556. The number of carbonyl (C=O) groups excluding carboxylic acids is 1. The molecule has 2 N–H and O–H groups in total. The molecule has 0 aliphatic heterocycles. The molecular weight excluding hydrogens is 323 g/mol. The van der Waals surface area contributed by atoms with E-state index in [4.69, 9.17) is 16.0 Å². The van der Waals surface area contributed by atoms with Gasteiger partial charge in [-0.3, -0.25) is 10.1 Å². The molecule has 0 saturated heterocycles. The van der Waals surface area contributed by atoms with Gasteiger partial charge in [0.05, 0.1) is 22.6 Å². The van der Waals surface area contributed by atoms with E-state index in [0.717, 1.165) is 0 Å². The number of halogens is 2.